The van der Waals surface area contributed by atoms with Gasteiger partial charge in [0, 0.05) is 33.5 Å². The van der Waals surface area contributed by atoms with Gasteiger partial charge in [-0.2, -0.15) is 11.8 Å². The molecule has 0 heterocycles. The maximum absolute atomic E-state index is 13.9. The Morgan fingerprint density at radius 2 is 1.74 bits per heavy atom. The van der Waals surface area contributed by atoms with E-state index in [0.29, 0.717) is 34.3 Å². The van der Waals surface area contributed by atoms with Crippen LogP contribution in [0.25, 0.3) is 0 Å². The third-order valence-electron chi connectivity index (χ3n) is 5.13. The summed E-state index contributed by atoms with van der Waals surface area (Å²) in [5, 5.41) is 3.12. The van der Waals surface area contributed by atoms with E-state index in [-0.39, 0.29) is 17.3 Å². The van der Waals surface area contributed by atoms with E-state index in [0.717, 1.165) is 14.8 Å². The van der Waals surface area contributed by atoms with Crippen LogP contribution in [0.5, 0.6) is 0 Å². The van der Waals surface area contributed by atoms with Crippen LogP contribution in [0.1, 0.15) is 11.1 Å². The zero-order chi connectivity index (χ0) is 25.4. The Morgan fingerprint density at radius 3 is 2.37 bits per heavy atom. The van der Waals surface area contributed by atoms with Gasteiger partial charge in [0.2, 0.25) is 5.91 Å². The number of nitrogens with one attached hydrogen (secondary N) is 1. The molecule has 0 saturated heterocycles. The molecule has 1 amide bonds. The molecule has 0 fully saturated rings. The lowest BCUT2D eigenvalue weighted by molar-refractivity contribution is -0.119. The van der Waals surface area contributed by atoms with Gasteiger partial charge in [-0.05, 0) is 61.7 Å². The fourth-order valence-corrected chi connectivity index (χ4v) is 6.22. The van der Waals surface area contributed by atoms with Crippen molar-refractivity contribution in [2.24, 2.45) is 0 Å². The van der Waals surface area contributed by atoms with Crippen molar-refractivity contribution in [2.75, 3.05) is 29.4 Å². The van der Waals surface area contributed by atoms with Gasteiger partial charge in [-0.25, -0.2) is 12.8 Å². The molecule has 0 radical (unpaired) electrons. The lowest BCUT2D eigenvalue weighted by Gasteiger charge is -2.24. The first kappa shape index (κ1) is 27.4. The van der Waals surface area contributed by atoms with Gasteiger partial charge in [0.1, 0.15) is 12.4 Å². The van der Waals surface area contributed by atoms with Crippen LogP contribution in [0.2, 0.25) is 5.02 Å². The molecule has 35 heavy (non-hydrogen) atoms. The molecule has 0 spiro atoms. The second-order valence-electron chi connectivity index (χ2n) is 7.63. The smallest absolute Gasteiger partial charge is 0.264 e. The molecule has 0 unspecified atom stereocenters. The number of anilines is 1. The molecule has 1 N–H and O–H groups in total. The molecule has 0 aliphatic carbocycles. The van der Waals surface area contributed by atoms with Crippen LogP contribution in [-0.4, -0.2) is 39.4 Å². The lowest BCUT2D eigenvalue weighted by atomic mass is 10.2. The summed E-state index contributed by atoms with van der Waals surface area (Å²) in [6.07, 6.45) is 1.91. The number of rotatable bonds is 11. The number of thioether (sulfide) groups is 2. The molecule has 5 nitrogen and oxygen atoms in total. The Bertz CT molecular complexity index is 1230. The Kier molecular flexibility index (Phi) is 9.91. The number of hydrogen-bond donors (Lipinski definition) is 1. The van der Waals surface area contributed by atoms with Crippen LogP contribution in [0.3, 0.4) is 0 Å². The first-order valence-electron chi connectivity index (χ1n) is 10.7. The maximum atomic E-state index is 13.9. The molecule has 0 bridgehead atoms. The number of halogens is 2. The second kappa shape index (κ2) is 12.7. The summed E-state index contributed by atoms with van der Waals surface area (Å²) < 4.78 is 41.9. The van der Waals surface area contributed by atoms with Crippen molar-refractivity contribution in [3.63, 3.8) is 0 Å². The van der Waals surface area contributed by atoms with Crippen molar-refractivity contribution >= 4 is 56.7 Å². The number of carbonyl (C=O) groups excluding carboxylic acids is 1. The number of amides is 1. The van der Waals surface area contributed by atoms with E-state index in [9.17, 15) is 17.6 Å². The van der Waals surface area contributed by atoms with Gasteiger partial charge in [-0.3, -0.25) is 9.10 Å². The standard InChI is InChI=1S/C25H26ClFN2O3S3/c1-18-6-8-19(9-7-18)29(35(31,32)21-12-10-20(33-2)11-13-21)16-25(30)28-14-15-34-17-22-23(26)4-3-5-24(22)27/h3-13H,14-17H2,1-2H3,(H,28,30). The fourth-order valence-electron chi connectivity index (χ4n) is 3.19. The minimum atomic E-state index is -3.97. The minimum Gasteiger partial charge on any atom is -0.354 e. The average molecular weight is 553 g/mol. The van der Waals surface area contributed by atoms with Crippen molar-refractivity contribution in [3.8, 4) is 0 Å². The van der Waals surface area contributed by atoms with Crippen LogP contribution in [0.4, 0.5) is 10.1 Å². The third-order valence-corrected chi connectivity index (χ3v) is 9.00. The maximum Gasteiger partial charge on any atom is 0.264 e. The van der Waals surface area contributed by atoms with Crippen molar-refractivity contribution < 1.29 is 17.6 Å². The van der Waals surface area contributed by atoms with E-state index in [1.54, 1.807) is 60.7 Å². The van der Waals surface area contributed by atoms with E-state index in [2.05, 4.69) is 5.32 Å². The summed E-state index contributed by atoms with van der Waals surface area (Å²) in [6, 6.07) is 18.1. The number of aryl methyl sites for hydroxylation is 1. The predicted octanol–water partition coefficient (Wildman–Crippen LogP) is 5.75. The van der Waals surface area contributed by atoms with Gasteiger partial charge in [-0.1, -0.05) is 35.4 Å². The molecule has 0 aromatic heterocycles. The van der Waals surface area contributed by atoms with Crippen molar-refractivity contribution in [2.45, 2.75) is 22.5 Å². The zero-order valence-corrected chi connectivity index (χ0v) is 22.5. The number of benzene rings is 3. The molecule has 3 rings (SSSR count). The molecule has 3 aromatic rings. The van der Waals surface area contributed by atoms with Gasteiger partial charge in [0.15, 0.2) is 0 Å². The van der Waals surface area contributed by atoms with Gasteiger partial charge >= 0.3 is 0 Å². The normalized spacial score (nSPS) is 11.3. The van der Waals surface area contributed by atoms with Gasteiger partial charge in [0.05, 0.1) is 10.6 Å². The molecule has 3 aromatic carbocycles. The summed E-state index contributed by atoms with van der Waals surface area (Å²) in [6.45, 7) is 1.85. The Balaban J connectivity index is 1.66. The molecule has 0 aliphatic rings. The van der Waals surface area contributed by atoms with Crippen molar-refractivity contribution in [3.05, 3.63) is 88.7 Å². The van der Waals surface area contributed by atoms with Gasteiger partial charge in [0.25, 0.3) is 10.0 Å². The van der Waals surface area contributed by atoms with Crippen LogP contribution < -0.4 is 9.62 Å². The summed E-state index contributed by atoms with van der Waals surface area (Å²) in [5.41, 5.74) is 1.81. The number of hydrogen-bond acceptors (Lipinski definition) is 5. The van der Waals surface area contributed by atoms with Gasteiger partial charge in [-0.15, -0.1) is 11.8 Å². The van der Waals surface area contributed by atoms with Crippen LogP contribution >= 0.6 is 35.1 Å². The fraction of sp³-hybridized carbons (Fsp3) is 0.240. The molecule has 0 aliphatic heterocycles. The predicted molar refractivity (Wildman–Crippen MR) is 145 cm³/mol. The SMILES string of the molecule is CSc1ccc(S(=O)(=O)N(CC(=O)NCCSCc2c(F)cccc2Cl)c2ccc(C)cc2)cc1. The molecular formula is C25H26ClFN2O3S3. The first-order valence-corrected chi connectivity index (χ1v) is 14.9. The highest BCUT2D eigenvalue weighted by molar-refractivity contribution is 7.98. The topological polar surface area (TPSA) is 66.5 Å². The van der Waals surface area contributed by atoms with E-state index >= 15 is 0 Å². The second-order valence-corrected chi connectivity index (χ2v) is 11.9. The number of sulfonamides is 1. The molecular weight excluding hydrogens is 527 g/mol. The largest absolute Gasteiger partial charge is 0.354 e. The first-order chi connectivity index (χ1) is 16.7. The molecule has 0 atom stereocenters. The Labute approximate surface area is 219 Å². The highest BCUT2D eigenvalue weighted by atomic mass is 35.5. The summed E-state index contributed by atoms with van der Waals surface area (Å²) in [5.74, 6) is 0.0964. The quantitative estimate of drug-likeness (QED) is 0.242. The molecule has 186 valence electrons. The third kappa shape index (κ3) is 7.39. The van der Waals surface area contributed by atoms with E-state index < -0.39 is 15.9 Å². The summed E-state index contributed by atoms with van der Waals surface area (Å²) >= 11 is 8.98. The van der Waals surface area contributed by atoms with Crippen molar-refractivity contribution in [1.82, 2.24) is 5.32 Å². The highest BCUT2D eigenvalue weighted by Crippen LogP contribution is 2.26. The van der Waals surface area contributed by atoms with Crippen LogP contribution in [0.15, 0.2) is 76.5 Å². The number of nitrogens with zero attached hydrogens (tertiary/aromatic N) is 1. The molecule has 0 saturated carbocycles. The van der Waals surface area contributed by atoms with Crippen LogP contribution in [0, 0.1) is 12.7 Å². The lowest BCUT2D eigenvalue weighted by Crippen LogP contribution is -2.41. The van der Waals surface area contributed by atoms with Gasteiger partial charge < -0.3 is 5.32 Å². The van der Waals surface area contributed by atoms with E-state index in [1.165, 1.54) is 29.6 Å². The Hall–Kier alpha value is -2.20. The zero-order valence-electron chi connectivity index (χ0n) is 19.3. The summed E-state index contributed by atoms with van der Waals surface area (Å²) in [4.78, 5) is 13.8. The monoisotopic (exact) mass is 552 g/mol. The Morgan fingerprint density at radius 1 is 1.06 bits per heavy atom. The summed E-state index contributed by atoms with van der Waals surface area (Å²) in [7, 11) is -3.97. The van der Waals surface area contributed by atoms with Crippen LogP contribution in [-0.2, 0) is 20.6 Å². The number of carbonyl (C=O) groups is 1. The van der Waals surface area contributed by atoms with Crippen molar-refractivity contribution in [1.29, 1.82) is 0 Å². The molecule has 10 heteroatoms. The van der Waals surface area contributed by atoms with E-state index in [1.807, 2.05) is 13.2 Å². The highest BCUT2D eigenvalue weighted by Gasteiger charge is 2.27. The van der Waals surface area contributed by atoms with E-state index in [4.69, 9.17) is 11.6 Å². The average Bonchev–Trinajstić information content (AvgIpc) is 2.84. The minimum absolute atomic E-state index is 0.112.